The number of esters is 1. The van der Waals surface area contributed by atoms with Crippen LogP contribution in [0.3, 0.4) is 0 Å². The van der Waals surface area contributed by atoms with E-state index in [9.17, 15) is 19.2 Å². The molecule has 0 bridgehead atoms. The van der Waals surface area contributed by atoms with E-state index in [0.29, 0.717) is 24.2 Å². The van der Waals surface area contributed by atoms with E-state index in [1.807, 2.05) is 74.7 Å². The lowest BCUT2D eigenvalue weighted by atomic mass is 9.99. The van der Waals surface area contributed by atoms with E-state index in [-0.39, 0.29) is 13.0 Å². The van der Waals surface area contributed by atoms with Gasteiger partial charge in [0.1, 0.15) is 29.3 Å². The van der Waals surface area contributed by atoms with Crippen LogP contribution in [0.2, 0.25) is 0 Å². The number of aryl methyl sites for hydroxylation is 1. The molecule has 0 aliphatic carbocycles. The highest BCUT2D eigenvalue weighted by Crippen LogP contribution is 2.25. The zero-order chi connectivity index (χ0) is 34.5. The molecule has 254 valence electrons. The third kappa shape index (κ3) is 13.1. The number of carbonyl (C=O) groups is 4. The molecule has 10 heteroatoms. The van der Waals surface area contributed by atoms with Gasteiger partial charge >= 0.3 is 12.1 Å². The monoisotopic (exact) mass is 655 g/mol. The Kier molecular flexibility index (Phi) is 15.1. The Hall–Kier alpha value is -3.53. The van der Waals surface area contributed by atoms with E-state index in [1.165, 1.54) is 4.90 Å². The molecule has 2 rings (SSSR count). The molecular formula is C36H53N3O6S. The maximum absolute atomic E-state index is 14.4. The molecule has 46 heavy (non-hydrogen) atoms. The quantitative estimate of drug-likeness (QED) is 0.218. The lowest BCUT2D eigenvalue weighted by Crippen LogP contribution is -2.55. The van der Waals surface area contributed by atoms with Gasteiger partial charge in [-0.2, -0.15) is 11.8 Å². The van der Waals surface area contributed by atoms with Gasteiger partial charge in [-0.05, 0) is 89.5 Å². The van der Waals surface area contributed by atoms with Gasteiger partial charge < -0.3 is 25.0 Å². The molecule has 0 saturated carbocycles. The maximum atomic E-state index is 14.4. The number of rotatable bonds is 15. The van der Waals surface area contributed by atoms with Crippen LogP contribution in [-0.4, -0.2) is 70.6 Å². The van der Waals surface area contributed by atoms with Gasteiger partial charge in [-0.15, -0.1) is 0 Å². The van der Waals surface area contributed by atoms with Crippen molar-refractivity contribution in [3.63, 3.8) is 0 Å². The van der Waals surface area contributed by atoms with Crippen molar-refractivity contribution in [1.82, 2.24) is 15.5 Å². The van der Waals surface area contributed by atoms with Gasteiger partial charge in [-0.3, -0.25) is 9.59 Å². The van der Waals surface area contributed by atoms with Crippen LogP contribution >= 0.6 is 11.8 Å². The number of alkyl carbamates (subject to hydrolysis) is 1. The smallest absolute Gasteiger partial charge is 0.408 e. The van der Waals surface area contributed by atoms with Crippen molar-refractivity contribution >= 4 is 35.6 Å². The van der Waals surface area contributed by atoms with Crippen molar-refractivity contribution in [2.24, 2.45) is 0 Å². The summed E-state index contributed by atoms with van der Waals surface area (Å²) in [5, 5.41) is 5.70. The summed E-state index contributed by atoms with van der Waals surface area (Å²) in [6.45, 7) is 14.8. The predicted octanol–water partition coefficient (Wildman–Crippen LogP) is 6.24. The second-order valence-corrected chi connectivity index (χ2v) is 14.3. The Bertz CT molecular complexity index is 1270. The lowest BCUT2D eigenvalue weighted by molar-refractivity contribution is -0.159. The standard InChI is InChI=1S/C36H53N3O6S/c1-10-22-39(32(41)28(21-23-46-9)38-34(43)45-36(6,7)8)30(27-19-17-25(11-2)18-20-27)31(40)37-29(33(42)44-35(3,4)5)24-26-15-13-12-14-16-26/h12-20,28-30H,10-11,21-24H2,1-9H3,(H,37,40)(H,38,43). The van der Waals surface area contributed by atoms with E-state index in [4.69, 9.17) is 9.47 Å². The van der Waals surface area contributed by atoms with E-state index in [2.05, 4.69) is 10.6 Å². The minimum Gasteiger partial charge on any atom is -0.458 e. The number of nitrogens with one attached hydrogen (secondary N) is 2. The number of carbonyl (C=O) groups excluding carboxylic acids is 4. The predicted molar refractivity (Wildman–Crippen MR) is 185 cm³/mol. The Morgan fingerprint density at radius 3 is 1.93 bits per heavy atom. The summed E-state index contributed by atoms with van der Waals surface area (Å²) in [6.07, 6.45) is 3.14. The first-order valence-corrected chi connectivity index (χ1v) is 17.4. The van der Waals surface area contributed by atoms with Crippen LogP contribution in [-0.2, 0) is 36.7 Å². The van der Waals surface area contributed by atoms with Crippen molar-refractivity contribution in [2.75, 3.05) is 18.6 Å². The minimum absolute atomic E-state index is 0.210. The van der Waals surface area contributed by atoms with Crippen LogP contribution in [0.5, 0.6) is 0 Å². The lowest BCUT2D eigenvalue weighted by Gasteiger charge is -2.35. The first-order chi connectivity index (χ1) is 21.6. The summed E-state index contributed by atoms with van der Waals surface area (Å²) in [5.74, 6) is -0.883. The molecule has 2 aromatic rings. The van der Waals surface area contributed by atoms with Gasteiger partial charge in [-0.25, -0.2) is 9.59 Å². The maximum Gasteiger partial charge on any atom is 0.408 e. The normalized spacial score (nSPS) is 13.6. The first kappa shape index (κ1) is 38.7. The van der Waals surface area contributed by atoms with Crippen LogP contribution in [0.1, 0.15) is 91.0 Å². The number of hydrogen-bond acceptors (Lipinski definition) is 7. The molecule has 3 atom stereocenters. The fraction of sp³-hybridized carbons (Fsp3) is 0.556. The van der Waals surface area contributed by atoms with Crippen molar-refractivity contribution in [1.29, 1.82) is 0 Å². The Labute approximate surface area is 279 Å². The summed E-state index contributed by atoms with van der Waals surface area (Å²) >= 11 is 1.55. The fourth-order valence-corrected chi connectivity index (χ4v) is 5.30. The average molecular weight is 656 g/mol. The molecule has 0 aliphatic rings. The van der Waals surface area contributed by atoms with E-state index < -0.39 is 53.2 Å². The van der Waals surface area contributed by atoms with Crippen LogP contribution in [0.15, 0.2) is 54.6 Å². The SMILES string of the molecule is CCCN(C(=O)C(CCSC)NC(=O)OC(C)(C)C)C(C(=O)NC(Cc1ccccc1)C(=O)OC(C)(C)C)c1ccc(CC)cc1. The van der Waals surface area contributed by atoms with Gasteiger partial charge in [0, 0.05) is 13.0 Å². The molecule has 0 saturated heterocycles. The van der Waals surface area contributed by atoms with Crippen LogP contribution < -0.4 is 10.6 Å². The van der Waals surface area contributed by atoms with Gasteiger partial charge in [0.25, 0.3) is 0 Å². The van der Waals surface area contributed by atoms with Crippen LogP contribution in [0, 0.1) is 0 Å². The topological polar surface area (TPSA) is 114 Å². The number of amides is 3. The number of nitrogens with zero attached hydrogens (tertiary/aromatic N) is 1. The second-order valence-electron chi connectivity index (χ2n) is 13.3. The minimum atomic E-state index is -1.07. The molecule has 2 aromatic carbocycles. The van der Waals surface area contributed by atoms with Gasteiger partial charge in [0.2, 0.25) is 11.8 Å². The highest BCUT2D eigenvalue weighted by atomic mass is 32.2. The molecule has 2 N–H and O–H groups in total. The highest BCUT2D eigenvalue weighted by Gasteiger charge is 2.38. The Morgan fingerprint density at radius 1 is 0.804 bits per heavy atom. The molecule has 0 heterocycles. The number of ether oxygens (including phenoxy) is 2. The molecule has 0 aliphatic heterocycles. The molecular weight excluding hydrogens is 602 g/mol. The summed E-state index contributed by atoms with van der Waals surface area (Å²) in [7, 11) is 0. The van der Waals surface area contributed by atoms with Crippen LogP contribution in [0.4, 0.5) is 4.79 Å². The van der Waals surface area contributed by atoms with Gasteiger partial charge in [-0.1, -0.05) is 68.4 Å². The molecule has 0 fully saturated rings. The number of benzene rings is 2. The zero-order valence-electron chi connectivity index (χ0n) is 29.0. The van der Waals surface area contributed by atoms with Crippen LogP contribution in [0.25, 0.3) is 0 Å². The van der Waals surface area contributed by atoms with Crippen molar-refractivity contribution in [3.05, 3.63) is 71.3 Å². The third-order valence-electron chi connectivity index (χ3n) is 6.90. The van der Waals surface area contributed by atoms with Crippen molar-refractivity contribution < 1.29 is 28.7 Å². The summed E-state index contributed by atoms with van der Waals surface area (Å²) in [4.78, 5) is 56.5. The molecule has 0 aromatic heterocycles. The number of hydrogen-bond donors (Lipinski definition) is 2. The second kappa shape index (κ2) is 18.0. The van der Waals surface area contributed by atoms with Gasteiger partial charge in [0.05, 0.1) is 0 Å². The highest BCUT2D eigenvalue weighted by molar-refractivity contribution is 7.98. The number of thioether (sulfide) groups is 1. The Balaban J connectivity index is 2.57. The zero-order valence-corrected chi connectivity index (χ0v) is 29.8. The van der Waals surface area contributed by atoms with Crippen molar-refractivity contribution in [3.8, 4) is 0 Å². The third-order valence-corrected chi connectivity index (χ3v) is 7.55. The molecule has 0 radical (unpaired) electrons. The summed E-state index contributed by atoms with van der Waals surface area (Å²) < 4.78 is 11.2. The van der Waals surface area contributed by atoms with E-state index in [1.54, 1.807) is 53.3 Å². The fourth-order valence-electron chi connectivity index (χ4n) is 4.83. The van der Waals surface area contributed by atoms with Gasteiger partial charge in [0.15, 0.2) is 0 Å². The van der Waals surface area contributed by atoms with Crippen molar-refractivity contribution in [2.45, 2.75) is 110 Å². The Morgan fingerprint density at radius 2 is 1.41 bits per heavy atom. The summed E-state index contributed by atoms with van der Waals surface area (Å²) in [5.41, 5.74) is 1.01. The summed E-state index contributed by atoms with van der Waals surface area (Å²) in [6, 6.07) is 13.9. The first-order valence-electron chi connectivity index (χ1n) is 16.0. The average Bonchev–Trinajstić information content (AvgIpc) is 2.97. The largest absolute Gasteiger partial charge is 0.458 e. The van der Waals surface area contributed by atoms with E-state index in [0.717, 1.165) is 17.5 Å². The molecule has 9 nitrogen and oxygen atoms in total. The molecule has 0 spiro atoms. The molecule has 3 amide bonds. The van der Waals surface area contributed by atoms with E-state index >= 15 is 0 Å². The molecule has 3 unspecified atom stereocenters.